The number of amides is 1. The van der Waals surface area contributed by atoms with E-state index in [2.05, 4.69) is 11.2 Å². The number of ether oxygens (including phenoxy) is 1. The third-order valence-electron chi connectivity index (χ3n) is 1.67. The van der Waals surface area contributed by atoms with Gasteiger partial charge in [-0.2, -0.15) is 0 Å². The van der Waals surface area contributed by atoms with E-state index in [9.17, 15) is 4.79 Å². The molecule has 4 heteroatoms. The van der Waals surface area contributed by atoms with Crippen LogP contribution in [0.2, 0.25) is 0 Å². The summed E-state index contributed by atoms with van der Waals surface area (Å²) in [6, 6.07) is 6.98. The van der Waals surface area contributed by atoms with E-state index in [1.165, 1.54) is 0 Å². The molecule has 1 rings (SSSR count). The number of nitrogen functional groups attached to an aromatic ring is 1. The van der Waals surface area contributed by atoms with E-state index in [0.717, 1.165) is 0 Å². The fourth-order valence-corrected chi connectivity index (χ4v) is 0.956. The van der Waals surface area contributed by atoms with Crippen LogP contribution in [0.15, 0.2) is 24.3 Å². The zero-order chi connectivity index (χ0) is 11.1. The summed E-state index contributed by atoms with van der Waals surface area (Å²) < 4.78 is 5.19. The second-order valence-corrected chi connectivity index (χ2v) is 2.81. The van der Waals surface area contributed by atoms with Gasteiger partial charge in [-0.05, 0) is 12.1 Å². The maximum Gasteiger partial charge on any atom is 0.258 e. The molecule has 0 saturated carbocycles. The van der Waals surface area contributed by atoms with Crippen LogP contribution in [0.4, 0.5) is 5.69 Å². The van der Waals surface area contributed by atoms with Crippen LogP contribution >= 0.6 is 0 Å². The maximum absolute atomic E-state index is 11.1. The Balaban J connectivity index is 2.41. The van der Waals surface area contributed by atoms with Crippen LogP contribution in [-0.2, 0) is 4.79 Å². The van der Waals surface area contributed by atoms with Gasteiger partial charge in [-0.1, -0.05) is 18.1 Å². The number of anilines is 1. The molecule has 15 heavy (non-hydrogen) atoms. The van der Waals surface area contributed by atoms with E-state index < -0.39 is 0 Å². The fraction of sp³-hybridized carbons (Fsp3) is 0.182. The average molecular weight is 204 g/mol. The quantitative estimate of drug-likeness (QED) is 0.551. The van der Waals surface area contributed by atoms with Gasteiger partial charge in [-0.15, -0.1) is 6.42 Å². The molecule has 1 aromatic carbocycles. The van der Waals surface area contributed by atoms with Crippen molar-refractivity contribution in [3.05, 3.63) is 24.3 Å². The SMILES string of the molecule is C#CCNC(=O)COc1ccccc1N. The summed E-state index contributed by atoms with van der Waals surface area (Å²) in [6.07, 6.45) is 4.98. The first-order valence-corrected chi connectivity index (χ1v) is 4.41. The number of hydrogen-bond donors (Lipinski definition) is 2. The summed E-state index contributed by atoms with van der Waals surface area (Å²) in [4.78, 5) is 11.1. The van der Waals surface area contributed by atoms with Crippen molar-refractivity contribution in [2.24, 2.45) is 0 Å². The predicted molar refractivity (Wildman–Crippen MR) is 58.2 cm³/mol. The second kappa shape index (κ2) is 5.55. The highest BCUT2D eigenvalue weighted by Gasteiger charge is 2.02. The first-order valence-electron chi connectivity index (χ1n) is 4.41. The molecule has 0 aromatic heterocycles. The van der Waals surface area contributed by atoms with E-state index in [1.807, 2.05) is 0 Å². The summed E-state index contributed by atoms with van der Waals surface area (Å²) in [6.45, 7) is 0.113. The summed E-state index contributed by atoms with van der Waals surface area (Å²) in [5.74, 6) is 2.52. The zero-order valence-corrected chi connectivity index (χ0v) is 8.19. The minimum Gasteiger partial charge on any atom is -0.482 e. The van der Waals surface area contributed by atoms with Gasteiger partial charge in [0.25, 0.3) is 5.91 Å². The van der Waals surface area contributed by atoms with Gasteiger partial charge < -0.3 is 15.8 Å². The van der Waals surface area contributed by atoms with Crippen LogP contribution in [0, 0.1) is 12.3 Å². The number of carbonyl (C=O) groups is 1. The Morgan fingerprint density at radius 2 is 2.27 bits per heavy atom. The van der Waals surface area contributed by atoms with Gasteiger partial charge in [0, 0.05) is 0 Å². The van der Waals surface area contributed by atoms with Crippen molar-refractivity contribution in [1.29, 1.82) is 0 Å². The lowest BCUT2D eigenvalue weighted by atomic mass is 10.3. The molecule has 0 spiro atoms. The van der Waals surface area contributed by atoms with Gasteiger partial charge >= 0.3 is 0 Å². The molecule has 78 valence electrons. The van der Waals surface area contributed by atoms with Crippen molar-refractivity contribution in [1.82, 2.24) is 5.32 Å². The number of terminal acetylenes is 1. The van der Waals surface area contributed by atoms with Gasteiger partial charge in [0.05, 0.1) is 12.2 Å². The van der Waals surface area contributed by atoms with Crippen LogP contribution in [0.3, 0.4) is 0 Å². The van der Waals surface area contributed by atoms with Crippen molar-refractivity contribution in [2.45, 2.75) is 0 Å². The van der Waals surface area contributed by atoms with Crippen molar-refractivity contribution in [3.63, 3.8) is 0 Å². The molecule has 4 nitrogen and oxygen atoms in total. The standard InChI is InChI=1S/C11H12N2O2/c1-2-7-13-11(14)8-15-10-6-4-3-5-9(10)12/h1,3-6H,7-8,12H2,(H,13,14). The molecule has 0 aliphatic rings. The molecule has 1 amide bonds. The lowest BCUT2D eigenvalue weighted by molar-refractivity contribution is -0.122. The Morgan fingerprint density at radius 1 is 1.53 bits per heavy atom. The first-order chi connectivity index (χ1) is 7.24. The van der Waals surface area contributed by atoms with Crippen LogP contribution in [0.25, 0.3) is 0 Å². The van der Waals surface area contributed by atoms with E-state index in [4.69, 9.17) is 16.9 Å². The third-order valence-corrected chi connectivity index (χ3v) is 1.67. The summed E-state index contributed by atoms with van der Waals surface area (Å²) in [5.41, 5.74) is 6.12. The van der Waals surface area contributed by atoms with Gasteiger partial charge in [-0.3, -0.25) is 4.79 Å². The van der Waals surface area contributed by atoms with Gasteiger partial charge in [0.15, 0.2) is 6.61 Å². The molecule has 0 unspecified atom stereocenters. The number of hydrogen-bond acceptors (Lipinski definition) is 3. The van der Waals surface area contributed by atoms with Crippen LogP contribution in [0.5, 0.6) is 5.75 Å². The lowest BCUT2D eigenvalue weighted by Crippen LogP contribution is -2.29. The molecule has 0 atom stereocenters. The smallest absolute Gasteiger partial charge is 0.258 e. The molecular formula is C11H12N2O2. The minimum atomic E-state index is -0.267. The van der Waals surface area contributed by atoms with E-state index in [1.54, 1.807) is 24.3 Å². The first kappa shape index (κ1) is 10.9. The van der Waals surface area contributed by atoms with Crippen LogP contribution in [0.1, 0.15) is 0 Å². The van der Waals surface area contributed by atoms with Gasteiger partial charge in [-0.25, -0.2) is 0 Å². The highest BCUT2D eigenvalue weighted by atomic mass is 16.5. The highest BCUT2D eigenvalue weighted by molar-refractivity contribution is 5.78. The Bertz CT molecular complexity index is 382. The largest absolute Gasteiger partial charge is 0.482 e. The van der Waals surface area contributed by atoms with Crippen LogP contribution < -0.4 is 15.8 Å². The third kappa shape index (κ3) is 3.61. The Hall–Kier alpha value is -2.15. The topological polar surface area (TPSA) is 64.3 Å². The van der Waals surface area contributed by atoms with Crippen molar-refractivity contribution >= 4 is 11.6 Å². The molecule has 0 saturated heterocycles. The Labute approximate surface area is 88.4 Å². The number of benzene rings is 1. The zero-order valence-electron chi connectivity index (χ0n) is 8.19. The Morgan fingerprint density at radius 3 is 2.93 bits per heavy atom. The van der Waals surface area contributed by atoms with Crippen molar-refractivity contribution in [3.8, 4) is 18.1 Å². The van der Waals surface area contributed by atoms with Crippen molar-refractivity contribution in [2.75, 3.05) is 18.9 Å². The Kier molecular flexibility index (Phi) is 4.05. The van der Waals surface area contributed by atoms with Gasteiger partial charge in [0.1, 0.15) is 5.75 Å². The molecule has 0 aliphatic heterocycles. The normalized spacial score (nSPS) is 9.00. The average Bonchev–Trinajstić information content (AvgIpc) is 2.25. The molecule has 0 heterocycles. The molecule has 0 fully saturated rings. The molecule has 3 N–H and O–H groups in total. The number of rotatable bonds is 4. The van der Waals surface area contributed by atoms with Crippen molar-refractivity contribution < 1.29 is 9.53 Å². The van der Waals surface area contributed by atoms with E-state index >= 15 is 0 Å². The molecule has 0 radical (unpaired) electrons. The highest BCUT2D eigenvalue weighted by Crippen LogP contribution is 2.19. The molecule has 1 aromatic rings. The molecule has 0 aliphatic carbocycles. The molecular weight excluding hydrogens is 192 g/mol. The van der Waals surface area contributed by atoms with Gasteiger partial charge in [0.2, 0.25) is 0 Å². The number of nitrogens with two attached hydrogens (primary N) is 1. The predicted octanol–water partition coefficient (Wildman–Crippen LogP) is 0.397. The van der Waals surface area contributed by atoms with E-state index in [0.29, 0.717) is 11.4 Å². The monoisotopic (exact) mass is 204 g/mol. The summed E-state index contributed by atoms with van der Waals surface area (Å²) in [7, 11) is 0. The van der Waals surface area contributed by atoms with Crippen LogP contribution in [-0.4, -0.2) is 19.1 Å². The lowest BCUT2D eigenvalue weighted by Gasteiger charge is -2.07. The van der Waals surface area contributed by atoms with E-state index in [-0.39, 0.29) is 19.1 Å². The fourth-order valence-electron chi connectivity index (χ4n) is 0.956. The number of para-hydroxylation sites is 2. The summed E-state index contributed by atoms with van der Waals surface area (Å²) in [5, 5.41) is 2.48. The number of nitrogens with one attached hydrogen (secondary N) is 1. The minimum absolute atomic E-state index is 0.0874. The number of carbonyl (C=O) groups excluding carboxylic acids is 1. The molecule has 0 bridgehead atoms. The maximum atomic E-state index is 11.1. The second-order valence-electron chi connectivity index (χ2n) is 2.81. The summed E-state index contributed by atoms with van der Waals surface area (Å²) >= 11 is 0.